The van der Waals surface area contributed by atoms with Crippen molar-refractivity contribution >= 4 is 39.8 Å². The Morgan fingerprint density at radius 1 is 0.839 bits per heavy atom. The van der Waals surface area contributed by atoms with E-state index in [1.165, 1.54) is 26.2 Å². The first-order valence-electron chi connectivity index (χ1n) is 9.57. The van der Waals surface area contributed by atoms with E-state index in [-0.39, 0.29) is 17.7 Å². The van der Waals surface area contributed by atoms with Gasteiger partial charge in [-0.05, 0) is 46.3 Å². The molecule has 0 bridgehead atoms. The average molecular weight is 436 g/mol. The van der Waals surface area contributed by atoms with Crippen LogP contribution in [0.2, 0.25) is 0 Å². The number of hydrogen-bond donors (Lipinski definition) is 0. The van der Waals surface area contributed by atoms with Crippen LogP contribution in [0.3, 0.4) is 0 Å². The Hall–Kier alpha value is -3.45. The highest BCUT2D eigenvalue weighted by molar-refractivity contribution is 8.18. The van der Waals surface area contributed by atoms with Gasteiger partial charge >= 0.3 is 0 Å². The zero-order chi connectivity index (χ0) is 22.0. The van der Waals surface area contributed by atoms with Gasteiger partial charge in [-0.3, -0.25) is 14.5 Å². The Labute approximate surface area is 184 Å². The fraction of sp³-hybridized carbons (Fsp3) is 0.167. The molecule has 0 saturated carbocycles. The fourth-order valence-corrected chi connectivity index (χ4v) is 4.29. The van der Waals surface area contributed by atoms with Gasteiger partial charge in [-0.2, -0.15) is 0 Å². The van der Waals surface area contributed by atoms with Crippen molar-refractivity contribution in [2.24, 2.45) is 0 Å². The topological polar surface area (TPSA) is 65.1 Å². The van der Waals surface area contributed by atoms with Gasteiger partial charge in [-0.25, -0.2) is 0 Å². The quantitative estimate of drug-likeness (QED) is 0.502. The number of rotatable bonds is 6. The van der Waals surface area contributed by atoms with Crippen LogP contribution in [-0.4, -0.2) is 37.4 Å². The number of carbonyl (C=O) groups excluding carboxylic acids is 2. The molecule has 0 atom stereocenters. The van der Waals surface area contributed by atoms with Crippen LogP contribution in [0.15, 0.2) is 59.5 Å². The maximum absolute atomic E-state index is 13.0. The summed E-state index contributed by atoms with van der Waals surface area (Å²) >= 11 is 0.913. The van der Waals surface area contributed by atoms with Gasteiger partial charge < -0.3 is 14.2 Å². The minimum Gasteiger partial charge on any atom is -0.496 e. The van der Waals surface area contributed by atoms with E-state index >= 15 is 0 Å². The molecule has 1 fully saturated rings. The summed E-state index contributed by atoms with van der Waals surface area (Å²) in [6.07, 6.45) is 1.64. The predicted octanol–water partition coefficient (Wildman–Crippen LogP) is 5.10. The molecule has 0 aliphatic carbocycles. The summed E-state index contributed by atoms with van der Waals surface area (Å²) in [6.45, 7) is 0.218. The van der Waals surface area contributed by atoms with Gasteiger partial charge in [0.05, 0.1) is 32.8 Å². The molecular formula is C24H21NO5S. The van der Waals surface area contributed by atoms with Crippen LogP contribution in [0.1, 0.15) is 11.1 Å². The lowest BCUT2D eigenvalue weighted by Gasteiger charge is -2.13. The maximum atomic E-state index is 13.0. The van der Waals surface area contributed by atoms with Gasteiger partial charge in [-0.15, -0.1) is 0 Å². The number of amides is 2. The normalized spacial score (nSPS) is 15.1. The lowest BCUT2D eigenvalue weighted by Crippen LogP contribution is -2.27. The first kappa shape index (κ1) is 20.8. The van der Waals surface area contributed by atoms with Crippen molar-refractivity contribution in [3.63, 3.8) is 0 Å². The molecule has 0 radical (unpaired) electrons. The van der Waals surface area contributed by atoms with Gasteiger partial charge in [0, 0.05) is 11.6 Å². The SMILES string of the molecule is COc1cc(OC)c(OC)cc1/C=C1\SC(=O)N(Cc2ccc3ccccc3c2)C1=O. The summed E-state index contributed by atoms with van der Waals surface area (Å²) in [7, 11) is 4.60. The van der Waals surface area contributed by atoms with Crippen molar-refractivity contribution in [3.05, 3.63) is 70.6 Å². The van der Waals surface area contributed by atoms with Crippen molar-refractivity contribution in [2.45, 2.75) is 6.54 Å². The van der Waals surface area contributed by atoms with Crippen molar-refractivity contribution < 1.29 is 23.8 Å². The molecule has 1 aliphatic heterocycles. The number of benzene rings is 3. The molecule has 1 heterocycles. The van der Waals surface area contributed by atoms with Gasteiger partial charge in [0.15, 0.2) is 11.5 Å². The average Bonchev–Trinajstić information content (AvgIpc) is 3.05. The summed E-state index contributed by atoms with van der Waals surface area (Å²) in [5.41, 5.74) is 1.52. The highest BCUT2D eigenvalue weighted by atomic mass is 32.2. The molecule has 0 spiro atoms. The van der Waals surface area contributed by atoms with E-state index in [9.17, 15) is 9.59 Å². The fourth-order valence-electron chi connectivity index (χ4n) is 3.46. The molecule has 2 amide bonds. The van der Waals surface area contributed by atoms with E-state index in [0.29, 0.717) is 27.7 Å². The van der Waals surface area contributed by atoms with Crippen LogP contribution < -0.4 is 14.2 Å². The van der Waals surface area contributed by atoms with Gasteiger partial charge in [0.1, 0.15) is 5.75 Å². The minimum absolute atomic E-state index is 0.218. The van der Waals surface area contributed by atoms with Crippen molar-refractivity contribution in [2.75, 3.05) is 21.3 Å². The first-order valence-corrected chi connectivity index (χ1v) is 10.4. The molecule has 1 aliphatic rings. The molecule has 0 aromatic heterocycles. The zero-order valence-corrected chi connectivity index (χ0v) is 18.2. The second kappa shape index (κ2) is 8.73. The van der Waals surface area contributed by atoms with Gasteiger partial charge in [0.2, 0.25) is 0 Å². The molecule has 6 nitrogen and oxygen atoms in total. The molecule has 3 aromatic rings. The Balaban J connectivity index is 1.62. The second-order valence-electron chi connectivity index (χ2n) is 6.90. The highest BCUT2D eigenvalue weighted by Gasteiger charge is 2.35. The number of fused-ring (bicyclic) bond motifs is 1. The number of carbonyl (C=O) groups is 2. The van der Waals surface area contributed by atoms with E-state index < -0.39 is 0 Å². The summed E-state index contributed by atoms with van der Waals surface area (Å²) < 4.78 is 16.1. The summed E-state index contributed by atoms with van der Waals surface area (Å²) in [5.74, 6) is 1.20. The van der Waals surface area contributed by atoms with Crippen LogP contribution >= 0.6 is 11.8 Å². The monoisotopic (exact) mass is 435 g/mol. The second-order valence-corrected chi connectivity index (χ2v) is 7.89. The maximum Gasteiger partial charge on any atom is 0.293 e. The summed E-state index contributed by atoms with van der Waals surface area (Å²) in [6, 6.07) is 17.3. The van der Waals surface area contributed by atoms with Gasteiger partial charge in [0.25, 0.3) is 11.1 Å². The lowest BCUT2D eigenvalue weighted by atomic mass is 10.1. The third kappa shape index (κ3) is 4.09. The predicted molar refractivity (Wildman–Crippen MR) is 122 cm³/mol. The number of ether oxygens (including phenoxy) is 3. The molecule has 3 aromatic carbocycles. The molecule has 4 rings (SSSR count). The van der Waals surface area contributed by atoms with Gasteiger partial charge in [-0.1, -0.05) is 36.4 Å². The minimum atomic E-state index is -0.333. The van der Waals surface area contributed by atoms with Crippen LogP contribution in [0.4, 0.5) is 4.79 Å². The van der Waals surface area contributed by atoms with E-state index in [2.05, 4.69) is 0 Å². The Kier molecular flexibility index (Phi) is 5.86. The molecule has 0 unspecified atom stereocenters. The largest absolute Gasteiger partial charge is 0.496 e. The van der Waals surface area contributed by atoms with Crippen molar-refractivity contribution in [1.29, 1.82) is 0 Å². The zero-order valence-electron chi connectivity index (χ0n) is 17.4. The van der Waals surface area contributed by atoms with Crippen molar-refractivity contribution in [1.82, 2.24) is 4.90 Å². The number of nitrogens with zero attached hydrogens (tertiary/aromatic N) is 1. The molecule has 0 N–H and O–H groups in total. The van der Waals surface area contributed by atoms with Crippen LogP contribution in [0.5, 0.6) is 17.2 Å². The standard InChI is InChI=1S/C24H21NO5S/c1-28-19-13-21(30-3)20(29-2)11-18(19)12-22-23(26)25(24(27)31-22)14-15-8-9-16-6-4-5-7-17(16)10-15/h4-13H,14H2,1-3H3/b22-12-. The number of imide groups is 1. The number of thioether (sulfide) groups is 1. The van der Waals surface area contributed by atoms with Crippen LogP contribution in [0, 0.1) is 0 Å². The summed E-state index contributed by atoms with van der Waals surface area (Å²) in [4.78, 5) is 27.2. The lowest BCUT2D eigenvalue weighted by molar-refractivity contribution is -0.123. The Morgan fingerprint density at radius 2 is 1.52 bits per heavy atom. The van der Waals surface area contributed by atoms with Crippen molar-refractivity contribution in [3.8, 4) is 17.2 Å². The Bertz CT molecular complexity index is 1200. The van der Waals surface area contributed by atoms with Crippen LogP contribution in [0.25, 0.3) is 16.8 Å². The third-order valence-corrected chi connectivity index (χ3v) is 5.96. The highest BCUT2D eigenvalue weighted by Crippen LogP contribution is 2.39. The smallest absolute Gasteiger partial charge is 0.293 e. The van der Waals surface area contributed by atoms with E-state index in [4.69, 9.17) is 14.2 Å². The van der Waals surface area contributed by atoms with E-state index in [0.717, 1.165) is 28.1 Å². The number of methoxy groups -OCH3 is 3. The molecule has 158 valence electrons. The molecule has 1 saturated heterocycles. The molecular weight excluding hydrogens is 414 g/mol. The number of hydrogen-bond acceptors (Lipinski definition) is 6. The van der Waals surface area contributed by atoms with E-state index in [1.807, 2.05) is 42.5 Å². The molecule has 7 heteroatoms. The molecule has 31 heavy (non-hydrogen) atoms. The third-order valence-electron chi connectivity index (χ3n) is 5.05. The van der Waals surface area contributed by atoms with E-state index in [1.54, 1.807) is 18.2 Å². The first-order chi connectivity index (χ1) is 15.0. The summed E-state index contributed by atoms with van der Waals surface area (Å²) in [5, 5.41) is 1.88. The van der Waals surface area contributed by atoms with Crippen LogP contribution in [-0.2, 0) is 11.3 Å². The Morgan fingerprint density at radius 3 is 2.23 bits per heavy atom.